The van der Waals surface area contributed by atoms with E-state index in [1.807, 2.05) is 13.0 Å². The maximum Gasteiger partial charge on any atom is 0.225 e. The van der Waals surface area contributed by atoms with Crippen LogP contribution in [-0.2, 0) is 0 Å². The maximum absolute atomic E-state index is 4.58. The second-order valence-corrected chi connectivity index (χ2v) is 7.10. The lowest BCUT2D eigenvalue weighted by Gasteiger charge is -2.34. The first-order valence-corrected chi connectivity index (χ1v) is 9.08. The highest BCUT2D eigenvalue weighted by Crippen LogP contribution is 2.25. The van der Waals surface area contributed by atoms with E-state index >= 15 is 0 Å². The Labute approximate surface area is 149 Å². The fraction of sp³-hybridized carbons (Fsp3) is 0.474. The number of nitrogens with zero attached hydrogens (tertiary/aromatic N) is 4. The molecular formula is C19H26N6. The van der Waals surface area contributed by atoms with Crippen molar-refractivity contribution in [3.05, 3.63) is 36.0 Å². The third-order valence-electron chi connectivity index (χ3n) is 4.77. The van der Waals surface area contributed by atoms with E-state index in [2.05, 4.69) is 61.7 Å². The Balaban J connectivity index is 1.43. The molecule has 6 heteroatoms. The quantitative estimate of drug-likeness (QED) is 0.874. The molecule has 1 aromatic carbocycles. The normalized spacial score (nSPS) is 18.2. The molecule has 0 bridgehead atoms. The van der Waals surface area contributed by atoms with Crippen molar-refractivity contribution < 1.29 is 0 Å². The highest BCUT2D eigenvalue weighted by Gasteiger charge is 2.22. The molecule has 1 aliphatic heterocycles. The van der Waals surface area contributed by atoms with Crippen LogP contribution in [0.4, 0.5) is 23.1 Å². The molecule has 2 heterocycles. The standard InChI is InChI=1S/C19H26N6/c1-14-13-18(23-19(20-14)22-16-3-4-16)21-15-5-7-17(8-6-15)25-11-9-24(2)10-12-25/h5-8,13,16H,3-4,9-12H2,1-2H3,(H2,20,21,22,23). The van der Waals surface area contributed by atoms with Gasteiger partial charge in [0, 0.05) is 55.4 Å². The van der Waals surface area contributed by atoms with Crippen LogP contribution in [0.3, 0.4) is 0 Å². The van der Waals surface area contributed by atoms with Gasteiger partial charge in [0.25, 0.3) is 0 Å². The zero-order chi connectivity index (χ0) is 17.2. The molecule has 1 saturated heterocycles. The van der Waals surface area contributed by atoms with Crippen LogP contribution in [-0.4, -0.2) is 54.1 Å². The van der Waals surface area contributed by atoms with Gasteiger partial charge in [0.15, 0.2) is 0 Å². The minimum absolute atomic E-state index is 0.553. The average molecular weight is 338 g/mol. The van der Waals surface area contributed by atoms with Crippen LogP contribution in [0.25, 0.3) is 0 Å². The van der Waals surface area contributed by atoms with E-state index < -0.39 is 0 Å². The lowest BCUT2D eigenvalue weighted by molar-refractivity contribution is 0.313. The Kier molecular flexibility index (Phi) is 4.44. The number of hydrogen-bond donors (Lipinski definition) is 2. The molecule has 0 spiro atoms. The molecule has 0 atom stereocenters. The number of nitrogens with one attached hydrogen (secondary N) is 2. The average Bonchev–Trinajstić information content (AvgIpc) is 3.40. The predicted octanol–water partition coefficient (Wildman–Crippen LogP) is 2.85. The summed E-state index contributed by atoms with van der Waals surface area (Å²) >= 11 is 0. The van der Waals surface area contributed by atoms with Crippen molar-refractivity contribution in [2.75, 3.05) is 48.8 Å². The van der Waals surface area contributed by atoms with Gasteiger partial charge >= 0.3 is 0 Å². The molecule has 0 amide bonds. The molecule has 1 saturated carbocycles. The number of benzene rings is 1. The van der Waals surface area contributed by atoms with Crippen molar-refractivity contribution in [1.29, 1.82) is 0 Å². The summed E-state index contributed by atoms with van der Waals surface area (Å²) in [6, 6.07) is 11.2. The Hall–Kier alpha value is -2.34. The predicted molar refractivity (Wildman–Crippen MR) is 103 cm³/mol. The number of likely N-dealkylation sites (N-methyl/N-ethyl adjacent to an activating group) is 1. The van der Waals surface area contributed by atoms with Crippen LogP contribution < -0.4 is 15.5 Å². The summed E-state index contributed by atoms with van der Waals surface area (Å²) in [4.78, 5) is 13.9. The van der Waals surface area contributed by atoms with Crippen molar-refractivity contribution >= 4 is 23.1 Å². The molecule has 25 heavy (non-hydrogen) atoms. The van der Waals surface area contributed by atoms with Gasteiger partial charge in [0.2, 0.25) is 5.95 Å². The molecule has 2 fully saturated rings. The Morgan fingerprint density at radius 2 is 1.72 bits per heavy atom. The van der Waals surface area contributed by atoms with E-state index in [-0.39, 0.29) is 0 Å². The van der Waals surface area contributed by atoms with Gasteiger partial charge in [0.1, 0.15) is 5.82 Å². The van der Waals surface area contributed by atoms with E-state index in [9.17, 15) is 0 Å². The minimum atomic E-state index is 0.553. The third kappa shape index (κ3) is 4.20. The van der Waals surface area contributed by atoms with Crippen LogP contribution in [0.5, 0.6) is 0 Å². The fourth-order valence-corrected chi connectivity index (χ4v) is 3.08. The second kappa shape index (κ2) is 6.88. The molecule has 0 unspecified atom stereocenters. The largest absolute Gasteiger partial charge is 0.369 e. The molecule has 0 radical (unpaired) electrons. The van der Waals surface area contributed by atoms with E-state index in [1.54, 1.807) is 0 Å². The van der Waals surface area contributed by atoms with Crippen LogP contribution >= 0.6 is 0 Å². The first kappa shape index (κ1) is 16.1. The van der Waals surface area contributed by atoms with Crippen LogP contribution in [0.2, 0.25) is 0 Å². The van der Waals surface area contributed by atoms with Gasteiger partial charge < -0.3 is 20.4 Å². The molecule has 2 aliphatic rings. The van der Waals surface area contributed by atoms with Gasteiger partial charge in [-0.05, 0) is 51.1 Å². The SMILES string of the molecule is Cc1cc(Nc2ccc(N3CCN(C)CC3)cc2)nc(NC2CC2)n1. The molecule has 6 nitrogen and oxygen atoms in total. The van der Waals surface area contributed by atoms with Gasteiger partial charge in [-0.25, -0.2) is 4.98 Å². The molecule has 132 valence electrons. The maximum atomic E-state index is 4.58. The number of hydrogen-bond acceptors (Lipinski definition) is 6. The Morgan fingerprint density at radius 3 is 2.40 bits per heavy atom. The third-order valence-corrected chi connectivity index (χ3v) is 4.77. The fourth-order valence-electron chi connectivity index (χ4n) is 3.08. The van der Waals surface area contributed by atoms with E-state index in [1.165, 1.54) is 18.5 Å². The molecule has 4 rings (SSSR count). The van der Waals surface area contributed by atoms with Crippen LogP contribution in [0, 0.1) is 6.92 Å². The van der Waals surface area contributed by atoms with E-state index in [0.717, 1.165) is 49.3 Å². The topological polar surface area (TPSA) is 56.3 Å². The first-order valence-electron chi connectivity index (χ1n) is 9.08. The number of aryl methyl sites for hydroxylation is 1. The summed E-state index contributed by atoms with van der Waals surface area (Å²) in [6.45, 7) is 6.42. The van der Waals surface area contributed by atoms with Crippen molar-refractivity contribution in [3.63, 3.8) is 0 Å². The second-order valence-electron chi connectivity index (χ2n) is 7.10. The summed E-state index contributed by atoms with van der Waals surface area (Å²) in [7, 11) is 2.18. The zero-order valence-electron chi connectivity index (χ0n) is 15.0. The van der Waals surface area contributed by atoms with Gasteiger partial charge in [-0.15, -0.1) is 0 Å². The van der Waals surface area contributed by atoms with Crippen molar-refractivity contribution in [2.24, 2.45) is 0 Å². The molecular weight excluding hydrogens is 312 g/mol. The van der Waals surface area contributed by atoms with Gasteiger partial charge in [0.05, 0.1) is 0 Å². The van der Waals surface area contributed by atoms with Crippen molar-refractivity contribution in [1.82, 2.24) is 14.9 Å². The smallest absolute Gasteiger partial charge is 0.225 e. The lowest BCUT2D eigenvalue weighted by Crippen LogP contribution is -2.44. The Bertz CT molecular complexity index is 717. The summed E-state index contributed by atoms with van der Waals surface area (Å²) in [5.74, 6) is 1.56. The van der Waals surface area contributed by atoms with Crippen LogP contribution in [0.1, 0.15) is 18.5 Å². The lowest BCUT2D eigenvalue weighted by atomic mass is 10.2. The summed E-state index contributed by atoms with van der Waals surface area (Å²) in [6.07, 6.45) is 2.43. The monoisotopic (exact) mass is 338 g/mol. The van der Waals surface area contributed by atoms with E-state index in [4.69, 9.17) is 0 Å². The number of aromatic nitrogens is 2. The first-order chi connectivity index (χ1) is 12.2. The summed E-state index contributed by atoms with van der Waals surface area (Å²) < 4.78 is 0. The highest BCUT2D eigenvalue weighted by atomic mass is 15.2. The summed E-state index contributed by atoms with van der Waals surface area (Å²) in [5.41, 5.74) is 3.30. The molecule has 2 aromatic rings. The molecule has 1 aliphatic carbocycles. The van der Waals surface area contributed by atoms with Gasteiger partial charge in [-0.1, -0.05) is 0 Å². The highest BCUT2D eigenvalue weighted by molar-refractivity contribution is 5.61. The Morgan fingerprint density at radius 1 is 1.00 bits per heavy atom. The summed E-state index contributed by atoms with van der Waals surface area (Å²) in [5, 5.41) is 6.76. The van der Waals surface area contributed by atoms with Crippen molar-refractivity contribution in [3.8, 4) is 0 Å². The van der Waals surface area contributed by atoms with Gasteiger partial charge in [-0.3, -0.25) is 0 Å². The van der Waals surface area contributed by atoms with E-state index in [0.29, 0.717) is 6.04 Å². The van der Waals surface area contributed by atoms with Crippen LogP contribution in [0.15, 0.2) is 30.3 Å². The molecule has 2 N–H and O–H groups in total. The zero-order valence-corrected chi connectivity index (χ0v) is 15.0. The number of rotatable bonds is 5. The number of piperazine rings is 1. The van der Waals surface area contributed by atoms with Crippen molar-refractivity contribution in [2.45, 2.75) is 25.8 Å². The molecule has 1 aromatic heterocycles. The van der Waals surface area contributed by atoms with Gasteiger partial charge in [-0.2, -0.15) is 4.98 Å². The minimum Gasteiger partial charge on any atom is -0.369 e. The number of anilines is 4.